The van der Waals surface area contributed by atoms with Gasteiger partial charge in [-0.05, 0) is 31.0 Å². The van der Waals surface area contributed by atoms with Gasteiger partial charge in [0.15, 0.2) is 0 Å². The lowest BCUT2D eigenvalue weighted by molar-refractivity contribution is 0.0793. The summed E-state index contributed by atoms with van der Waals surface area (Å²) in [5.41, 5.74) is 0.0795. The first-order chi connectivity index (χ1) is 8.06. The lowest BCUT2D eigenvalue weighted by Crippen LogP contribution is -2.52. The zero-order valence-corrected chi connectivity index (χ0v) is 10.3. The maximum Gasteiger partial charge on any atom is 0.123 e. The van der Waals surface area contributed by atoms with E-state index in [1.165, 1.54) is 12.1 Å². The minimum atomic E-state index is -0.717. The number of rotatable bonds is 6. The van der Waals surface area contributed by atoms with Crippen LogP contribution in [0.15, 0.2) is 24.3 Å². The first kappa shape index (κ1) is 14.1. The highest BCUT2D eigenvalue weighted by Gasteiger charge is 2.28. The van der Waals surface area contributed by atoms with Crippen LogP contribution in [0.4, 0.5) is 4.39 Å². The predicted octanol–water partition coefficient (Wildman–Crippen LogP) is 1.61. The van der Waals surface area contributed by atoms with Crippen molar-refractivity contribution in [2.75, 3.05) is 13.2 Å². The Hall–Kier alpha value is -0.970. The lowest BCUT2D eigenvalue weighted by Gasteiger charge is -2.33. The Morgan fingerprint density at radius 2 is 2.00 bits per heavy atom. The van der Waals surface area contributed by atoms with Crippen LogP contribution in [0.2, 0.25) is 0 Å². The van der Waals surface area contributed by atoms with Crippen molar-refractivity contribution < 1.29 is 14.6 Å². The average molecular weight is 241 g/mol. The van der Waals surface area contributed by atoms with Crippen LogP contribution in [0.25, 0.3) is 0 Å². The Balaban J connectivity index is 2.80. The summed E-state index contributed by atoms with van der Waals surface area (Å²) in [6.07, 6.45) is 0.597. The van der Waals surface area contributed by atoms with Crippen LogP contribution in [0.5, 0.6) is 0 Å². The van der Waals surface area contributed by atoms with E-state index in [1.807, 2.05) is 19.9 Å². The number of hydrogen-bond acceptors (Lipinski definition) is 3. The summed E-state index contributed by atoms with van der Waals surface area (Å²) in [4.78, 5) is 0. The second kappa shape index (κ2) is 6.10. The molecule has 1 atom stereocenters. The maximum absolute atomic E-state index is 13.1. The summed E-state index contributed by atoms with van der Waals surface area (Å²) in [5.74, 6) is -0.286. The summed E-state index contributed by atoms with van der Waals surface area (Å²) in [7, 11) is 0. The fourth-order valence-corrected chi connectivity index (χ4v) is 1.79. The highest BCUT2D eigenvalue weighted by Crippen LogP contribution is 2.19. The van der Waals surface area contributed by atoms with Gasteiger partial charge >= 0.3 is 0 Å². The Morgan fingerprint density at radius 3 is 2.47 bits per heavy atom. The molecule has 17 heavy (non-hydrogen) atoms. The fraction of sp³-hybridized carbons (Fsp3) is 0.538. The predicted molar refractivity (Wildman–Crippen MR) is 65.1 cm³/mol. The van der Waals surface area contributed by atoms with E-state index < -0.39 is 5.54 Å². The maximum atomic E-state index is 13.1. The van der Waals surface area contributed by atoms with E-state index in [-0.39, 0.29) is 25.1 Å². The molecule has 0 amide bonds. The first-order valence-electron chi connectivity index (χ1n) is 5.82. The van der Waals surface area contributed by atoms with Crippen LogP contribution < -0.4 is 5.32 Å². The third-order valence-corrected chi connectivity index (χ3v) is 3.15. The molecule has 0 aliphatic rings. The molecular formula is C13H20FNO2. The van der Waals surface area contributed by atoms with Gasteiger partial charge in [-0.15, -0.1) is 0 Å². The lowest BCUT2D eigenvalue weighted by atomic mass is 9.95. The molecule has 96 valence electrons. The highest BCUT2D eigenvalue weighted by molar-refractivity contribution is 5.20. The van der Waals surface area contributed by atoms with E-state index in [1.54, 1.807) is 6.07 Å². The number of hydrogen-bond donors (Lipinski definition) is 3. The Morgan fingerprint density at radius 1 is 1.35 bits per heavy atom. The summed E-state index contributed by atoms with van der Waals surface area (Å²) in [5, 5.41) is 21.8. The standard InChI is InChI=1S/C13H20FNO2/c1-3-13(8-16,9-17)15-10(2)11-5-4-6-12(14)7-11/h4-7,10,15-17H,3,8-9H2,1-2H3. The van der Waals surface area contributed by atoms with Gasteiger partial charge in [-0.3, -0.25) is 0 Å². The zero-order chi connectivity index (χ0) is 12.9. The van der Waals surface area contributed by atoms with Gasteiger partial charge in [0.05, 0.1) is 18.8 Å². The van der Waals surface area contributed by atoms with Gasteiger partial charge in [-0.2, -0.15) is 0 Å². The van der Waals surface area contributed by atoms with Crippen LogP contribution in [-0.4, -0.2) is 29.0 Å². The van der Waals surface area contributed by atoms with Gasteiger partial charge in [0, 0.05) is 6.04 Å². The number of halogens is 1. The van der Waals surface area contributed by atoms with Gasteiger partial charge in [0.1, 0.15) is 5.82 Å². The Labute approximate surface area is 101 Å². The molecule has 1 aromatic rings. The molecule has 4 heteroatoms. The third kappa shape index (κ3) is 3.49. The minimum Gasteiger partial charge on any atom is -0.394 e. The van der Waals surface area contributed by atoms with E-state index in [4.69, 9.17) is 0 Å². The fourth-order valence-electron chi connectivity index (χ4n) is 1.79. The number of aliphatic hydroxyl groups excluding tert-OH is 2. The molecule has 1 rings (SSSR count). The summed E-state index contributed by atoms with van der Waals surface area (Å²) >= 11 is 0. The molecular weight excluding hydrogens is 221 g/mol. The van der Waals surface area contributed by atoms with Crippen molar-refractivity contribution in [3.63, 3.8) is 0 Å². The van der Waals surface area contributed by atoms with Crippen molar-refractivity contribution in [2.24, 2.45) is 0 Å². The van der Waals surface area contributed by atoms with Crippen molar-refractivity contribution in [2.45, 2.75) is 31.8 Å². The van der Waals surface area contributed by atoms with Crippen LogP contribution in [0.3, 0.4) is 0 Å². The molecule has 3 N–H and O–H groups in total. The largest absolute Gasteiger partial charge is 0.394 e. The zero-order valence-electron chi connectivity index (χ0n) is 10.3. The van der Waals surface area contributed by atoms with Crippen LogP contribution >= 0.6 is 0 Å². The molecule has 1 aromatic carbocycles. The summed E-state index contributed by atoms with van der Waals surface area (Å²) in [6.45, 7) is 3.46. The minimum absolute atomic E-state index is 0.134. The number of aliphatic hydroxyl groups is 2. The Kier molecular flexibility index (Phi) is 5.05. The second-order valence-corrected chi connectivity index (χ2v) is 4.37. The molecule has 0 aliphatic carbocycles. The van der Waals surface area contributed by atoms with Crippen molar-refractivity contribution in [1.29, 1.82) is 0 Å². The van der Waals surface area contributed by atoms with Crippen molar-refractivity contribution in [1.82, 2.24) is 5.32 Å². The third-order valence-electron chi connectivity index (χ3n) is 3.15. The number of nitrogens with one attached hydrogen (secondary N) is 1. The summed E-state index contributed by atoms with van der Waals surface area (Å²) < 4.78 is 13.1. The molecule has 0 saturated carbocycles. The molecule has 0 fully saturated rings. The Bertz CT molecular complexity index is 345. The smallest absolute Gasteiger partial charge is 0.123 e. The molecule has 0 aliphatic heterocycles. The van der Waals surface area contributed by atoms with E-state index in [2.05, 4.69) is 5.32 Å². The molecule has 0 spiro atoms. The molecule has 1 unspecified atom stereocenters. The van der Waals surface area contributed by atoms with E-state index in [0.717, 1.165) is 5.56 Å². The summed E-state index contributed by atoms with van der Waals surface area (Å²) in [6, 6.07) is 6.17. The van der Waals surface area contributed by atoms with Gasteiger partial charge in [-0.25, -0.2) is 4.39 Å². The van der Waals surface area contributed by atoms with Gasteiger partial charge < -0.3 is 15.5 Å². The molecule has 0 saturated heterocycles. The molecule has 0 heterocycles. The van der Waals surface area contributed by atoms with Crippen LogP contribution in [0.1, 0.15) is 31.9 Å². The van der Waals surface area contributed by atoms with Crippen molar-refractivity contribution in [3.05, 3.63) is 35.6 Å². The van der Waals surface area contributed by atoms with E-state index in [0.29, 0.717) is 6.42 Å². The monoisotopic (exact) mass is 241 g/mol. The van der Waals surface area contributed by atoms with Crippen LogP contribution in [0, 0.1) is 5.82 Å². The highest BCUT2D eigenvalue weighted by atomic mass is 19.1. The topological polar surface area (TPSA) is 52.5 Å². The normalized spacial score (nSPS) is 13.7. The van der Waals surface area contributed by atoms with E-state index >= 15 is 0 Å². The quantitative estimate of drug-likeness (QED) is 0.709. The van der Waals surface area contributed by atoms with Gasteiger partial charge in [-0.1, -0.05) is 19.1 Å². The van der Waals surface area contributed by atoms with Crippen molar-refractivity contribution >= 4 is 0 Å². The molecule has 0 bridgehead atoms. The SMILES string of the molecule is CCC(CO)(CO)NC(C)c1cccc(F)c1. The van der Waals surface area contributed by atoms with Gasteiger partial charge in [0.2, 0.25) is 0 Å². The molecule has 3 nitrogen and oxygen atoms in total. The second-order valence-electron chi connectivity index (χ2n) is 4.37. The van der Waals surface area contributed by atoms with E-state index in [9.17, 15) is 14.6 Å². The molecule has 0 radical (unpaired) electrons. The first-order valence-corrected chi connectivity index (χ1v) is 5.82. The van der Waals surface area contributed by atoms with Crippen LogP contribution in [-0.2, 0) is 0 Å². The molecule has 0 aromatic heterocycles. The number of benzene rings is 1. The van der Waals surface area contributed by atoms with Crippen molar-refractivity contribution in [3.8, 4) is 0 Å². The average Bonchev–Trinajstić information content (AvgIpc) is 2.36. The van der Waals surface area contributed by atoms with Gasteiger partial charge in [0.25, 0.3) is 0 Å².